The van der Waals surface area contributed by atoms with Gasteiger partial charge in [-0.25, -0.2) is 10.2 Å². The molecule has 0 saturated carbocycles. The number of nitrogens with one attached hydrogen (secondary N) is 1. The lowest BCUT2D eigenvalue weighted by Crippen LogP contribution is -2.19. The number of ether oxygens (including phenoxy) is 1. The number of pyridine rings is 1. The summed E-state index contributed by atoms with van der Waals surface area (Å²) in [5, 5.41) is 12.6. The molecule has 0 bridgehead atoms. The summed E-state index contributed by atoms with van der Waals surface area (Å²) in [6, 6.07) is 10.1. The van der Waals surface area contributed by atoms with Gasteiger partial charge in [0.2, 0.25) is 0 Å². The number of hydrogen-bond donors (Lipinski definition) is 2. The van der Waals surface area contributed by atoms with Gasteiger partial charge in [-0.15, -0.1) is 0 Å². The van der Waals surface area contributed by atoms with Crippen LogP contribution in [0.5, 0.6) is 5.75 Å². The van der Waals surface area contributed by atoms with E-state index in [4.69, 9.17) is 9.84 Å². The van der Waals surface area contributed by atoms with Crippen molar-refractivity contribution < 1.29 is 19.4 Å². The molecule has 0 aliphatic carbocycles. The summed E-state index contributed by atoms with van der Waals surface area (Å²) in [4.78, 5) is 26.2. The van der Waals surface area contributed by atoms with Crippen molar-refractivity contribution in [1.82, 2.24) is 10.4 Å². The molecule has 0 aliphatic rings. The Labute approximate surface area is 132 Å². The van der Waals surface area contributed by atoms with Gasteiger partial charge >= 0.3 is 5.97 Å². The summed E-state index contributed by atoms with van der Waals surface area (Å²) >= 11 is 0. The second kappa shape index (κ2) is 7.69. The maximum absolute atomic E-state index is 11.9. The van der Waals surface area contributed by atoms with Gasteiger partial charge in [0.15, 0.2) is 6.61 Å². The molecule has 0 radical (unpaired) electrons. The van der Waals surface area contributed by atoms with Crippen molar-refractivity contribution in [3.63, 3.8) is 0 Å². The van der Waals surface area contributed by atoms with E-state index in [1.54, 1.807) is 49.5 Å². The maximum atomic E-state index is 11.9. The van der Waals surface area contributed by atoms with E-state index in [1.165, 1.54) is 6.20 Å². The Morgan fingerprint density at radius 1 is 1.26 bits per heavy atom. The number of carboxylic acids is 1. The Morgan fingerprint density at radius 3 is 2.74 bits per heavy atom. The summed E-state index contributed by atoms with van der Waals surface area (Å²) in [6.45, 7) is 1.30. The second-order valence-corrected chi connectivity index (χ2v) is 4.59. The van der Waals surface area contributed by atoms with Crippen molar-refractivity contribution in [1.29, 1.82) is 0 Å². The Balaban J connectivity index is 2.04. The molecule has 0 unspecified atom stereocenters. The first kappa shape index (κ1) is 16.2. The number of benzene rings is 1. The van der Waals surface area contributed by atoms with Crippen LogP contribution in [0.4, 0.5) is 0 Å². The predicted octanol–water partition coefficient (Wildman–Crippen LogP) is 1.70. The molecule has 23 heavy (non-hydrogen) atoms. The minimum atomic E-state index is -1.05. The van der Waals surface area contributed by atoms with E-state index >= 15 is 0 Å². The lowest BCUT2D eigenvalue weighted by Gasteiger charge is -2.06. The zero-order valence-electron chi connectivity index (χ0n) is 12.4. The number of carbonyl (C=O) groups excluding carboxylic acids is 1. The Hall–Kier alpha value is -3.22. The van der Waals surface area contributed by atoms with Gasteiger partial charge in [0, 0.05) is 18.0 Å². The summed E-state index contributed by atoms with van der Waals surface area (Å²) in [5.74, 6) is -1.00. The van der Waals surface area contributed by atoms with Gasteiger partial charge in [0.05, 0.1) is 11.3 Å². The molecule has 2 aromatic rings. The highest BCUT2D eigenvalue weighted by Crippen LogP contribution is 2.14. The van der Waals surface area contributed by atoms with E-state index in [9.17, 15) is 9.59 Å². The van der Waals surface area contributed by atoms with E-state index in [0.29, 0.717) is 22.6 Å². The van der Waals surface area contributed by atoms with Crippen LogP contribution in [-0.2, 0) is 4.79 Å². The zero-order valence-corrected chi connectivity index (χ0v) is 12.4. The number of rotatable bonds is 6. The molecule has 1 aromatic carbocycles. The molecule has 7 nitrogen and oxygen atoms in total. The van der Waals surface area contributed by atoms with E-state index in [-0.39, 0.29) is 5.91 Å². The largest absolute Gasteiger partial charge is 0.482 e. The third-order valence-corrected chi connectivity index (χ3v) is 2.86. The fraction of sp³-hybridized carbons (Fsp3) is 0.125. The highest BCUT2D eigenvalue weighted by Gasteiger charge is 2.06. The van der Waals surface area contributed by atoms with Crippen LogP contribution in [0.15, 0.2) is 53.9 Å². The van der Waals surface area contributed by atoms with Crippen molar-refractivity contribution in [3.05, 3.63) is 59.9 Å². The van der Waals surface area contributed by atoms with Crippen LogP contribution in [0, 0.1) is 0 Å². The van der Waals surface area contributed by atoms with Crippen LogP contribution in [0.2, 0.25) is 0 Å². The number of carbonyl (C=O) groups is 2. The molecule has 0 saturated heterocycles. The van der Waals surface area contributed by atoms with Gasteiger partial charge in [-0.3, -0.25) is 9.78 Å². The number of hydrogen-bond acceptors (Lipinski definition) is 5. The average Bonchev–Trinajstić information content (AvgIpc) is 2.58. The number of hydrazone groups is 1. The lowest BCUT2D eigenvalue weighted by molar-refractivity contribution is -0.139. The predicted molar refractivity (Wildman–Crippen MR) is 83.5 cm³/mol. The minimum Gasteiger partial charge on any atom is -0.482 e. The third kappa shape index (κ3) is 4.92. The smallest absolute Gasteiger partial charge is 0.341 e. The molecular weight excluding hydrogens is 298 g/mol. The summed E-state index contributed by atoms with van der Waals surface area (Å²) in [6.07, 6.45) is 3.02. The molecule has 0 atom stereocenters. The standard InChI is InChI=1S/C16H15N3O4/c1-11(18-19-16(22)13-5-3-7-17-9-13)12-4-2-6-14(8-12)23-10-15(20)21/h2-9H,10H2,1H3,(H,19,22)(H,20,21)/b18-11+. The Kier molecular flexibility index (Phi) is 5.40. The van der Waals surface area contributed by atoms with E-state index in [0.717, 1.165) is 0 Å². The van der Waals surface area contributed by atoms with Gasteiger partial charge in [-0.05, 0) is 31.2 Å². The molecule has 7 heteroatoms. The van der Waals surface area contributed by atoms with Gasteiger partial charge in [0.25, 0.3) is 5.91 Å². The van der Waals surface area contributed by atoms with Gasteiger partial charge in [-0.2, -0.15) is 5.10 Å². The second-order valence-electron chi connectivity index (χ2n) is 4.59. The quantitative estimate of drug-likeness (QED) is 0.624. The normalized spacial score (nSPS) is 10.9. The van der Waals surface area contributed by atoms with Crippen LogP contribution in [0.25, 0.3) is 0 Å². The summed E-state index contributed by atoms with van der Waals surface area (Å²) < 4.78 is 5.10. The van der Waals surface area contributed by atoms with Crippen LogP contribution in [0.1, 0.15) is 22.8 Å². The van der Waals surface area contributed by atoms with Crippen LogP contribution < -0.4 is 10.2 Å². The molecule has 1 amide bonds. The number of amides is 1. The van der Waals surface area contributed by atoms with Gasteiger partial charge in [0.1, 0.15) is 5.75 Å². The topological polar surface area (TPSA) is 101 Å². The monoisotopic (exact) mass is 313 g/mol. The fourth-order valence-electron chi connectivity index (χ4n) is 1.72. The van der Waals surface area contributed by atoms with Crippen molar-refractivity contribution >= 4 is 17.6 Å². The third-order valence-electron chi connectivity index (χ3n) is 2.86. The number of carboxylic acid groups (broad SMARTS) is 1. The fourth-order valence-corrected chi connectivity index (χ4v) is 1.72. The Bertz CT molecular complexity index is 729. The molecule has 118 valence electrons. The molecule has 1 heterocycles. The molecule has 2 rings (SSSR count). The van der Waals surface area contributed by atoms with Crippen molar-refractivity contribution in [3.8, 4) is 5.75 Å². The SMILES string of the molecule is C/C(=N\NC(=O)c1cccnc1)c1cccc(OCC(=O)O)c1. The highest BCUT2D eigenvalue weighted by molar-refractivity contribution is 6.01. The van der Waals surface area contributed by atoms with Gasteiger partial charge < -0.3 is 9.84 Å². The van der Waals surface area contributed by atoms with Crippen LogP contribution in [-0.4, -0.2) is 34.3 Å². The minimum absolute atomic E-state index is 0.365. The summed E-state index contributed by atoms with van der Waals surface area (Å²) in [5.41, 5.74) is 4.11. The molecule has 0 fully saturated rings. The average molecular weight is 313 g/mol. The maximum Gasteiger partial charge on any atom is 0.341 e. The Morgan fingerprint density at radius 2 is 2.04 bits per heavy atom. The van der Waals surface area contributed by atoms with Crippen molar-refractivity contribution in [2.45, 2.75) is 6.92 Å². The first-order chi connectivity index (χ1) is 11.1. The van der Waals surface area contributed by atoms with E-state index in [2.05, 4.69) is 15.5 Å². The lowest BCUT2D eigenvalue weighted by atomic mass is 10.1. The molecule has 2 N–H and O–H groups in total. The number of nitrogens with zero attached hydrogens (tertiary/aromatic N) is 2. The summed E-state index contributed by atoms with van der Waals surface area (Å²) in [7, 11) is 0. The number of aliphatic carboxylic acids is 1. The van der Waals surface area contributed by atoms with Crippen molar-refractivity contribution in [2.24, 2.45) is 5.10 Å². The van der Waals surface area contributed by atoms with E-state index < -0.39 is 12.6 Å². The molecular formula is C16H15N3O4. The van der Waals surface area contributed by atoms with Crippen LogP contribution >= 0.6 is 0 Å². The first-order valence-corrected chi connectivity index (χ1v) is 6.76. The zero-order chi connectivity index (χ0) is 16.7. The highest BCUT2D eigenvalue weighted by atomic mass is 16.5. The van der Waals surface area contributed by atoms with E-state index in [1.807, 2.05) is 0 Å². The van der Waals surface area contributed by atoms with Crippen molar-refractivity contribution in [2.75, 3.05) is 6.61 Å². The number of aromatic nitrogens is 1. The molecule has 0 aliphatic heterocycles. The molecule has 0 spiro atoms. The van der Waals surface area contributed by atoms with Crippen LogP contribution in [0.3, 0.4) is 0 Å². The first-order valence-electron chi connectivity index (χ1n) is 6.76. The van der Waals surface area contributed by atoms with Gasteiger partial charge in [-0.1, -0.05) is 12.1 Å². The molecule has 1 aromatic heterocycles.